The van der Waals surface area contributed by atoms with Crippen molar-refractivity contribution in [3.05, 3.63) is 36.2 Å². The maximum atomic E-state index is 6.67. The molecule has 4 aromatic rings. The Hall–Kier alpha value is -2.09. The van der Waals surface area contributed by atoms with Crippen molar-refractivity contribution in [1.82, 2.24) is 14.8 Å². The van der Waals surface area contributed by atoms with Gasteiger partial charge in [-0.3, -0.25) is 4.68 Å². The number of thiophene rings is 1. The first kappa shape index (κ1) is 19.8. The van der Waals surface area contributed by atoms with E-state index in [2.05, 4.69) is 28.3 Å². The first-order valence-corrected chi connectivity index (χ1v) is 12.2. The number of rotatable bonds is 7. The Balaban J connectivity index is 1.58. The molecule has 0 atom stereocenters. The molecule has 0 spiro atoms. The topological polar surface area (TPSA) is 66.0 Å². The third kappa shape index (κ3) is 3.59. The van der Waals surface area contributed by atoms with Crippen molar-refractivity contribution in [2.75, 3.05) is 25.2 Å². The number of nitrogens with zero attached hydrogens (tertiary/aromatic N) is 3. The molecule has 0 bridgehead atoms. The molecule has 7 heteroatoms. The number of thioether (sulfide) groups is 1. The summed E-state index contributed by atoms with van der Waals surface area (Å²) in [6.07, 6.45) is 8.82. The van der Waals surface area contributed by atoms with Crippen LogP contribution in [-0.2, 0) is 11.8 Å². The van der Waals surface area contributed by atoms with E-state index in [9.17, 15) is 0 Å². The van der Waals surface area contributed by atoms with Gasteiger partial charge in [0, 0.05) is 59.9 Å². The third-order valence-electron chi connectivity index (χ3n) is 5.90. The standard InChI is InChI=1S/C23H26N4OS2/c1-27-13-17-9-16(12-25-22(17)26-27)15-10-18(14-5-3-6-14)20-19(11-15)30-23(21(20)24)29-8-4-7-28-2/h9-14H,3-8,24H2,1-2H3. The van der Waals surface area contributed by atoms with Crippen LogP contribution in [0.5, 0.6) is 0 Å². The van der Waals surface area contributed by atoms with Crippen LogP contribution in [-0.4, -0.2) is 34.2 Å². The minimum absolute atomic E-state index is 0.616. The predicted molar refractivity (Wildman–Crippen MR) is 128 cm³/mol. The SMILES string of the molecule is COCCCSc1sc2cc(-c3cnc4nn(C)cc4c3)cc(C3CCC3)c2c1N. The minimum atomic E-state index is 0.616. The monoisotopic (exact) mass is 438 g/mol. The van der Waals surface area contributed by atoms with Crippen LogP contribution < -0.4 is 5.73 Å². The Labute approximate surface area is 184 Å². The van der Waals surface area contributed by atoms with E-state index in [0.29, 0.717) is 5.92 Å². The van der Waals surface area contributed by atoms with Crippen LogP contribution >= 0.6 is 23.1 Å². The molecule has 1 aliphatic carbocycles. The highest BCUT2D eigenvalue weighted by atomic mass is 32.2. The highest BCUT2D eigenvalue weighted by Gasteiger charge is 2.25. The number of methoxy groups -OCH3 is 1. The lowest BCUT2D eigenvalue weighted by Gasteiger charge is -2.27. The van der Waals surface area contributed by atoms with E-state index >= 15 is 0 Å². The number of pyridine rings is 1. The van der Waals surface area contributed by atoms with E-state index in [0.717, 1.165) is 41.1 Å². The van der Waals surface area contributed by atoms with Gasteiger partial charge in [-0.2, -0.15) is 5.10 Å². The number of hydrogen-bond acceptors (Lipinski definition) is 6. The number of hydrogen-bond donors (Lipinski definition) is 1. The lowest BCUT2D eigenvalue weighted by Crippen LogP contribution is -2.09. The quantitative estimate of drug-likeness (QED) is 0.290. The molecule has 3 aromatic heterocycles. The lowest BCUT2D eigenvalue weighted by atomic mass is 9.78. The molecule has 3 heterocycles. The molecular weight excluding hydrogens is 412 g/mol. The van der Waals surface area contributed by atoms with Crippen LogP contribution in [0, 0.1) is 0 Å². The van der Waals surface area contributed by atoms with Crippen molar-refractivity contribution in [3.63, 3.8) is 0 Å². The van der Waals surface area contributed by atoms with Gasteiger partial charge in [0.2, 0.25) is 0 Å². The Morgan fingerprint density at radius 3 is 2.90 bits per heavy atom. The zero-order valence-corrected chi connectivity index (χ0v) is 19.0. The normalized spacial score (nSPS) is 14.6. The molecule has 0 aliphatic heterocycles. The van der Waals surface area contributed by atoms with Gasteiger partial charge in [0.1, 0.15) is 0 Å². The summed E-state index contributed by atoms with van der Waals surface area (Å²) in [6, 6.07) is 6.84. The van der Waals surface area contributed by atoms with E-state index in [1.807, 2.05) is 47.2 Å². The number of nitrogens with two attached hydrogens (primary N) is 1. The first-order valence-electron chi connectivity index (χ1n) is 10.4. The van der Waals surface area contributed by atoms with E-state index < -0.39 is 0 Å². The van der Waals surface area contributed by atoms with Gasteiger partial charge in [-0.25, -0.2) is 4.98 Å². The van der Waals surface area contributed by atoms with Crippen molar-refractivity contribution in [3.8, 4) is 11.1 Å². The van der Waals surface area contributed by atoms with E-state index in [1.54, 1.807) is 7.11 Å². The van der Waals surface area contributed by atoms with Gasteiger partial charge in [0.05, 0.1) is 9.90 Å². The fraction of sp³-hybridized carbons (Fsp3) is 0.391. The summed E-state index contributed by atoms with van der Waals surface area (Å²) in [5.74, 6) is 1.64. The first-order chi connectivity index (χ1) is 14.6. The van der Waals surface area contributed by atoms with Gasteiger partial charge >= 0.3 is 0 Å². The van der Waals surface area contributed by atoms with Gasteiger partial charge in [0.25, 0.3) is 0 Å². The van der Waals surface area contributed by atoms with E-state index in [1.165, 1.54) is 44.7 Å². The second-order valence-corrected chi connectivity index (χ2v) is 10.4. The van der Waals surface area contributed by atoms with Crippen LogP contribution in [0.3, 0.4) is 0 Å². The summed E-state index contributed by atoms with van der Waals surface area (Å²) in [5, 5.41) is 6.75. The van der Waals surface area contributed by atoms with E-state index in [-0.39, 0.29) is 0 Å². The number of anilines is 1. The van der Waals surface area contributed by atoms with Crippen LogP contribution in [0.25, 0.3) is 32.2 Å². The van der Waals surface area contributed by atoms with Crippen molar-refractivity contribution >= 4 is 49.9 Å². The van der Waals surface area contributed by atoms with Crippen LogP contribution in [0.1, 0.15) is 37.2 Å². The highest BCUT2D eigenvalue weighted by molar-refractivity contribution is 8.01. The molecular formula is C23H26N4OS2. The lowest BCUT2D eigenvalue weighted by molar-refractivity contribution is 0.200. The molecule has 0 amide bonds. The largest absolute Gasteiger partial charge is 0.397 e. The summed E-state index contributed by atoms with van der Waals surface area (Å²) >= 11 is 3.68. The minimum Gasteiger partial charge on any atom is -0.397 e. The predicted octanol–water partition coefficient (Wildman–Crippen LogP) is 5.83. The molecule has 156 valence electrons. The van der Waals surface area contributed by atoms with Crippen molar-refractivity contribution < 1.29 is 4.74 Å². The summed E-state index contributed by atoms with van der Waals surface area (Å²) < 4.78 is 9.52. The summed E-state index contributed by atoms with van der Waals surface area (Å²) in [6.45, 7) is 0.791. The second-order valence-electron chi connectivity index (χ2n) is 8.00. The fourth-order valence-electron chi connectivity index (χ4n) is 4.14. The number of aryl methyl sites for hydroxylation is 1. The summed E-state index contributed by atoms with van der Waals surface area (Å²) in [7, 11) is 3.69. The van der Waals surface area contributed by atoms with Crippen LogP contribution in [0.4, 0.5) is 5.69 Å². The number of ether oxygens (including phenoxy) is 1. The van der Waals surface area contributed by atoms with Crippen LogP contribution in [0.2, 0.25) is 0 Å². The maximum absolute atomic E-state index is 6.67. The number of nitrogen functional groups attached to an aromatic ring is 1. The Morgan fingerprint density at radius 2 is 2.13 bits per heavy atom. The van der Waals surface area contributed by atoms with Gasteiger partial charge in [-0.15, -0.1) is 23.1 Å². The zero-order chi connectivity index (χ0) is 20.7. The number of fused-ring (bicyclic) bond motifs is 2. The number of aromatic nitrogens is 3. The Morgan fingerprint density at radius 1 is 1.27 bits per heavy atom. The van der Waals surface area contributed by atoms with E-state index in [4.69, 9.17) is 10.5 Å². The van der Waals surface area contributed by atoms with Gasteiger partial charge in [-0.1, -0.05) is 12.5 Å². The van der Waals surface area contributed by atoms with Gasteiger partial charge < -0.3 is 10.5 Å². The van der Waals surface area contributed by atoms with Gasteiger partial charge in [0.15, 0.2) is 5.65 Å². The molecule has 1 aliphatic rings. The molecule has 5 nitrogen and oxygen atoms in total. The van der Waals surface area contributed by atoms with Crippen molar-refractivity contribution in [1.29, 1.82) is 0 Å². The smallest absolute Gasteiger partial charge is 0.181 e. The van der Waals surface area contributed by atoms with Crippen molar-refractivity contribution in [2.24, 2.45) is 7.05 Å². The average Bonchev–Trinajstić information content (AvgIpc) is 3.22. The highest BCUT2D eigenvalue weighted by Crippen LogP contribution is 2.49. The molecule has 2 N–H and O–H groups in total. The zero-order valence-electron chi connectivity index (χ0n) is 17.4. The molecule has 0 radical (unpaired) electrons. The molecule has 1 fully saturated rings. The van der Waals surface area contributed by atoms with Gasteiger partial charge in [-0.05, 0) is 48.4 Å². The Bertz CT molecular complexity index is 1210. The molecule has 0 saturated heterocycles. The summed E-state index contributed by atoms with van der Waals surface area (Å²) in [5.41, 5.74) is 12.2. The molecule has 5 rings (SSSR count). The average molecular weight is 439 g/mol. The Kier molecular flexibility index (Phi) is 5.43. The summed E-state index contributed by atoms with van der Waals surface area (Å²) in [4.78, 5) is 4.58. The molecule has 0 unspecified atom stereocenters. The maximum Gasteiger partial charge on any atom is 0.181 e. The third-order valence-corrected chi connectivity index (χ3v) is 8.43. The van der Waals surface area contributed by atoms with Crippen LogP contribution in [0.15, 0.2) is 34.8 Å². The van der Waals surface area contributed by atoms with Crippen molar-refractivity contribution in [2.45, 2.75) is 35.8 Å². The molecule has 30 heavy (non-hydrogen) atoms. The fourth-order valence-corrected chi connectivity index (χ4v) is 6.52. The second kappa shape index (κ2) is 8.21. The molecule has 1 aromatic carbocycles. The molecule has 1 saturated carbocycles. The number of benzene rings is 1.